The third-order valence-electron chi connectivity index (χ3n) is 2.06. The number of carbonyl (C=O) groups is 4. The van der Waals surface area contributed by atoms with E-state index in [9.17, 15) is 19.2 Å². The molecule has 0 aliphatic heterocycles. The number of hydrogen-bond donors (Lipinski definition) is 1. The summed E-state index contributed by atoms with van der Waals surface area (Å²) in [6, 6.07) is 0. The van der Waals surface area contributed by atoms with E-state index < -0.39 is 0 Å². The van der Waals surface area contributed by atoms with Gasteiger partial charge in [-0.2, -0.15) is 0 Å². The first-order chi connectivity index (χ1) is 11.5. The van der Waals surface area contributed by atoms with Crippen LogP contribution in [0.2, 0.25) is 0 Å². The van der Waals surface area contributed by atoms with Crippen molar-refractivity contribution in [1.29, 1.82) is 0 Å². The number of aromatic amines is 1. The van der Waals surface area contributed by atoms with Crippen LogP contribution in [-0.4, -0.2) is 33.1 Å². The Hall–Kier alpha value is -2.20. The summed E-state index contributed by atoms with van der Waals surface area (Å²) in [6.45, 7) is 9.84. The Morgan fingerprint density at radius 3 is 1.38 bits per heavy atom. The van der Waals surface area contributed by atoms with E-state index in [1.807, 2.05) is 6.20 Å². The van der Waals surface area contributed by atoms with Crippen LogP contribution in [0.3, 0.4) is 0 Å². The smallest absolute Gasteiger partial charge is 0.137 e. The minimum atomic E-state index is -0.0625. The number of ketones is 4. The molecule has 0 bridgehead atoms. The molecular weight excluding hydrogens is 389 g/mol. The van der Waals surface area contributed by atoms with Gasteiger partial charge in [0.1, 0.15) is 29.0 Å². The summed E-state index contributed by atoms with van der Waals surface area (Å²) >= 11 is 0. The van der Waals surface area contributed by atoms with E-state index in [0.717, 1.165) is 11.2 Å². The van der Waals surface area contributed by atoms with Crippen molar-refractivity contribution in [3.8, 4) is 0 Å². The average molecular weight is 415 g/mol. The van der Waals surface area contributed by atoms with Gasteiger partial charge in [0.25, 0.3) is 0 Å². The molecule has 0 amide bonds. The van der Waals surface area contributed by atoms with Crippen molar-refractivity contribution in [2.75, 3.05) is 0 Å². The number of imidazole rings is 1. The fourth-order valence-electron chi connectivity index (χ4n) is 1.29. The van der Waals surface area contributed by atoms with Gasteiger partial charge in [0.2, 0.25) is 0 Å². The number of rotatable bonds is 5. The average Bonchev–Trinajstić information content (AvgIpc) is 2.91. The summed E-state index contributed by atoms with van der Waals surface area (Å²) in [4.78, 5) is 55.2. The molecule has 0 aliphatic carbocycles. The normalized spacial score (nSPS) is 8.12. The zero-order valence-corrected chi connectivity index (χ0v) is 16.9. The predicted octanol–water partition coefficient (Wildman–Crippen LogP) is 2.89. The van der Waals surface area contributed by atoms with Crippen LogP contribution in [0.1, 0.15) is 66.1 Å². The standard InChI is InChI=1S/C6H10N2.2C5H8O2.Co.HNO2/c1-5(2)6-7-3-4-8-6;2*1-4(6)3-5(2)7;;2-1-3/h3-5H,1-2H3,(H,7,8);2*3H2,1-2H3;;(H,2,3)/p-1. The quantitative estimate of drug-likeness (QED) is 0.441. The van der Waals surface area contributed by atoms with Crippen LogP contribution < -0.4 is 0 Å². The van der Waals surface area contributed by atoms with Crippen LogP contribution in [0.15, 0.2) is 17.7 Å². The Morgan fingerprint density at radius 1 is 1.00 bits per heavy atom. The number of nitrogens with one attached hydrogen (secondary N) is 1. The summed E-state index contributed by atoms with van der Waals surface area (Å²) in [6.07, 6.45) is 3.78. The fourth-order valence-corrected chi connectivity index (χ4v) is 1.29. The van der Waals surface area contributed by atoms with Gasteiger partial charge in [-0.3, -0.25) is 19.2 Å². The van der Waals surface area contributed by atoms with E-state index in [2.05, 4.69) is 23.8 Å². The maximum absolute atomic E-state index is 10.0. The van der Waals surface area contributed by atoms with E-state index in [1.165, 1.54) is 27.7 Å². The molecule has 0 aliphatic rings. The molecule has 1 aromatic heterocycles. The minimum absolute atomic E-state index is 0. The topological polar surface area (TPSA) is 149 Å². The third kappa shape index (κ3) is 33.4. The molecule has 1 N–H and O–H groups in total. The van der Waals surface area contributed by atoms with Gasteiger partial charge in [-0.1, -0.05) is 13.8 Å². The second kappa shape index (κ2) is 20.8. The zero-order valence-electron chi connectivity index (χ0n) is 15.8. The Morgan fingerprint density at radius 2 is 1.31 bits per heavy atom. The Kier molecular flexibility index (Phi) is 25.3. The van der Waals surface area contributed by atoms with Crippen molar-refractivity contribution in [3.05, 3.63) is 28.3 Å². The van der Waals surface area contributed by atoms with Crippen LogP contribution in [0, 0.1) is 10.1 Å². The SMILES string of the molecule is CC(=O)CC(C)=O.CC(=O)CC(C)=O.CC(C)c1ncc[nH]1.O=N[O-].[Co]. The minimum Gasteiger partial charge on any atom is -0.444 e. The summed E-state index contributed by atoms with van der Waals surface area (Å²) in [5, 5.41) is 9.00. The largest absolute Gasteiger partial charge is 0.444 e. The number of Topliss-reactive ketones (excluding diaryl/α,β-unsaturated/α-hetero) is 4. The van der Waals surface area contributed by atoms with Gasteiger partial charge in [-0.15, -0.1) is 5.34 Å². The molecule has 9 nitrogen and oxygen atoms in total. The number of hydrogen-bond acceptors (Lipinski definition) is 8. The molecule has 0 saturated carbocycles. The van der Waals surface area contributed by atoms with Gasteiger partial charge in [0, 0.05) is 35.1 Å². The molecular formula is C16H26CoN3O6-. The van der Waals surface area contributed by atoms with Gasteiger partial charge in [0.15, 0.2) is 0 Å². The number of aromatic nitrogens is 2. The molecule has 10 heteroatoms. The first-order valence-electron chi connectivity index (χ1n) is 7.39. The molecule has 0 unspecified atom stereocenters. The molecule has 0 atom stereocenters. The molecule has 1 rings (SSSR count). The maximum Gasteiger partial charge on any atom is 0.137 e. The Labute approximate surface area is 163 Å². The summed E-state index contributed by atoms with van der Waals surface area (Å²) in [5.74, 6) is 1.33. The molecule has 1 aromatic rings. The Bertz CT molecular complexity index is 480. The molecule has 0 saturated heterocycles. The van der Waals surface area contributed by atoms with Crippen molar-refractivity contribution in [2.45, 2.75) is 60.3 Å². The van der Waals surface area contributed by atoms with Crippen molar-refractivity contribution in [1.82, 2.24) is 9.97 Å². The first kappa shape index (κ1) is 31.6. The molecule has 1 radical (unpaired) electrons. The molecule has 0 aromatic carbocycles. The van der Waals surface area contributed by atoms with Crippen LogP contribution >= 0.6 is 0 Å². The van der Waals surface area contributed by atoms with E-state index in [4.69, 9.17) is 10.1 Å². The maximum atomic E-state index is 10.0. The first-order valence-corrected chi connectivity index (χ1v) is 7.39. The van der Waals surface area contributed by atoms with E-state index >= 15 is 0 Å². The molecule has 0 spiro atoms. The molecule has 151 valence electrons. The van der Waals surface area contributed by atoms with Gasteiger partial charge in [0.05, 0.1) is 12.8 Å². The number of H-pyrrole nitrogens is 1. The van der Waals surface area contributed by atoms with E-state index in [0.29, 0.717) is 5.92 Å². The predicted molar refractivity (Wildman–Crippen MR) is 93.8 cm³/mol. The molecule has 26 heavy (non-hydrogen) atoms. The fraction of sp³-hybridized carbons (Fsp3) is 0.562. The molecule has 1 heterocycles. The van der Waals surface area contributed by atoms with Crippen molar-refractivity contribution >= 4 is 23.1 Å². The van der Waals surface area contributed by atoms with Crippen LogP contribution in [0.5, 0.6) is 0 Å². The second-order valence-electron chi connectivity index (χ2n) is 5.37. The number of nitrogens with zero attached hydrogens (tertiary/aromatic N) is 2. The van der Waals surface area contributed by atoms with Gasteiger partial charge in [-0.25, -0.2) is 4.98 Å². The van der Waals surface area contributed by atoms with Gasteiger partial charge < -0.3 is 15.1 Å². The van der Waals surface area contributed by atoms with Crippen molar-refractivity contribution < 1.29 is 36.0 Å². The summed E-state index contributed by atoms with van der Waals surface area (Å²) in [5.41, 5.74) is 0. The summed E-state index contributed by atoms with van der Waals surface area (Å²) in [7, 11) is 0. The van der Waals surface area contributed by atoms with Crippen LogP contribution in [-0.2, 0) is 36.0 Å². The number of carbonyl (C=O) groups excluding carboxylic acids is 4. The zero-order chi connectivity index (χ0) is 20.4. The third-order valence-corrected chi connectivity index (χ3v) is 2.06. The summed E-state index contributed by atoms with van der Waals surface area (Å²) < 4.78 is 0. The van der Waals surface area contributed by atoms with Crippen LogP contribution in [0.25, 0.3) is 0 Å². The van der Waals surface area contributed by atoms with E-state index in [-0.39, 0.29) is 52.8 Å². The van der Waals surface area contributed by atoms with Gasteiger partial charge in [-0.05, 0) is 27.7 Å². The van der Waals surface area contributed by atoms with Crippen molar-refractivity contribution in [3.63, 3.8) is 0 Å². The Balaban J connectivity index is -0.000000128. The van der Waals surface area contributed by atoms with Crippen molar-refractivity contribution in [2.24, 2.45) is 5.34 Å². The van der Waals surface area contributed by atoms with Gasteiger partial charge >= 0.3 is 0 Å². The van der Waals surface area contributed by atoms with Crippen LogP contribution in [0.4, 0.5) is 0 Å². The van der Waals surface area contributed by atoms with E-state index in [1.54, 1.807) is 6.20 Å². The monoisotopic (exact) mass is 415 g/mol. The second-order valence-corrected chi connectivity index (χ2v) is 5.37. The molecule has 0 fully saturated rings.